The molecule has 2 aromatic rings. The second-order valence-electron chi connectivity index (χ2n) is 7.53. The molecule has 28 heavy (non-hydrogen) atoms. The quantitative estimate of drug-likeness (QED) is 0.869. The fourth-order valence-electron chi connectivity index (χ4n) is 3.51. The molecule has 3 rings (SSSR count). The molecule has 1 saturated heterocycles. The van der Waals surface area contributed by atoms with Crippen molar-refractivity contribution < 1.29 is 9.59 Å². The Morgan fingerprint density at radius 2 is 1.61 bits per heavy atom. The van der Waals surface area contributed by atoms with Crippen molar-refractivity contribution in [3.63, 3.8) is 0 Å². The number of amides is 2. The van der Waals surface area contributed by atoms with Crippen molar-refractivity contribution in [1.29, 1.82) is 0 Å². The molecule has 2 aromatic carbocycles. The minimum absolute atomic E-state index is 0.0159. The third-order valence-corrected chi connectivity index (χ3v) is 5.47. The first-order chi connectivity index (χ1) is 13.4. The SMILES string of the molecule is Cc1ccc(CC(=O)NCC(=O)N2CCN(c3cccc(C)c3C)CC2)cc1. The molecule has 1 heterocycles. The summed E-state index contributed by atoms with van der Waals surface area (Å²) in [4.78, 5) is 28.7. The molecule has 1 aliphatic rings. The van der Waals surface area contributed by atoms with Crippen LogP contribution in [0.25, 0.3) is 0 Å². The highest BCUT2D eigenvalue weighted by Crippen LogP contribution is 2.23. The molecular weight excluding hydrogens is 350 g/mol. The van der Waals surface area contributed by atoms with Gasteiger partial charge in [0.1, 0.15) is 0 Å². The van der Waals surface area contributed by atoms with Crippen molar-refractivity contribution in [2.24, 2.45) is 0 Å². The Balaban J connectivity index is 1.45. The highest BCUT2D eigenvalue weighted by molar-refractivity contribution is 5.85. The fourth-order valence-corrected chi connectivity index (χ4v) is 3.51. The van der Waals surface area contributed by atoms with E-state index in [0.29, 0.717) is 19.5 Å². The van der Waals surface area contributed by atoms with E-state index in [4.69, 9.17) is 0 Å². The second kappa shape index (κ2) is 8.91. The molecule has 1 fully saturated rings. The maximum atomic E-state index is 12.5. The van der Waals surface area contributed by atoms with Gasteiger partial charge in [-0.15, -0.1) is 0 Å². The van der Waals surface area contributed by atoms with Crippen LogP contribution >= 0.6 is 0 Å². The molecule has 5 nitrogen and oxygen atoms in total. The summed E-state index contributed by atoms with van der Waals surface area (Å²) >= 11 is 0. The summed E-state index contributed by atoms with van der Waals surface area (Å²) in [6, 6.07) is 14.2. The third kappa shape index (κ3) is 4.91. The lowest BCUT2D eigenvalue weighted by Gasteiger charge is -2.37. The first-order valence-corrected chi connectivity index (χ1v) is 9.85. The largest absolute Gasteiger partial charge is 0.368 e. The van der Waals surface area contributed by atoms with Gasteiger partial charge in [-0.05, 0) is 43.5 Å². The Bertz CT molecular complexity index is 837. The van der Waals surface area contributed by atoms with E-state index < -0.39 is 0 Å². The minimum atomic E-state index is -0.119. The van der Waals surface area contributed by atoms with E-state index in [0.717, 1.165) is 18.7 Å². The predicted octanol–water partition coefficient (Wildman–Crippen LogP) is 2.62. The number of benzene rings is 2. The summed E-state index contributed by atoms with van der Waals surface area (Å²) in [6.07, 6.45) is 0.300. The van der Waals surface area contributed by atoms with E-state index in [2.05, 4.69) is 42.3 Å². The zero-order chi connectivity index (χ0) is 20.1. The second-order valence-corrected chi connectivity index (χ2v) is 7.53. The van der Waals surface area contributed by atoms with Crippen LogP contribution in [0.4, 0.5) is 5.69 Å². The molecule has 0 aliphatic carbocycles. The average Bonchev–Trinajstić information content (AvgIpc) is 2.70. The molecule has 2 amide bonds. The lowest BCUT2D eigenvalue weighted by Crippen LogP contribution is -2.51. The number of anilines is 1. The van der Waals surface area contributed by atoms with Gasteiger partial charge in [0.15, 0.2) is 0 Å². The predicted molar refractivity (Wildman–Crippen MR) is 113 cm³/mol. The van der Waals surface area contributed by atoms with Crippen molar-refractivity contribution in [1.82, 2.24) is 10.2 Å². The highest BCUT2D eigenvalue weighted by atomic mass is 16.2. The number of nitrogens with zero attached hydrogens (tertiary/aromatic N) is 2. The molecule has 1 N–H and O–H groups in total. The zero-order valence-electron chi connectivity index (χ0n) is 17.0. The molecule has 0 aromatic heterocycles. The standard InChI is InChI=1S/C23H29N3O2/c1-17-7-9-20(10-8-17)15-22(27)24-16-23(28)26-13-11-25(12-14-26)21-6-4-5-18(2)19(21)3/h4-10H,11-16H2,1-3H3,(H,24,27). The first kappa shape index (κ1) is 19.9. The van der Waals surface area contributed by atoms with E-state index in [1.165, 1.54) is 22.4 Å². The summed E-state index contributed by atoms with van der Waals surface area (Å²) < 4.78 is 0. The van der Waals surface area contributed by atoms with Gasteiger partial charge in [-0.2, -0.15) is 0 Å². The molecule has 0 bridgehead atoms. The van der Waals surface area contributed by atoms with Crippen molar-refractivity contribution >= 4 is 17.5 Å². The maximum Gasteiger partial charge on any atom is 0.242 e. The van der Waals surface area contributed by atoms with Crippen LogP contribution in [-0.4, -0.2) is 49.4 Å². The zero-order valence-corrected chi connectivity index (χ0v) is 17.0. The maximum absolute atomic E-state index is 12.5. The highest BCUT2D eigenvalue weighted by Gasteiger charge is 2.22. The number of carbonyl (C=O) groups excluding carboxylic acids is 2. The summed E-state index contributed by atoms with van der Waals surface area (Å²) in [7, 11) is 0. The van der Waals surface area contributed by atoms with Crippen LogP contribution in [0.3, 0.4) is 0 Å². The Morgan fingerprint density at radius 3 is 2.29 bits per heavy atom. The summed E-state index contributed by atoms with van der Waals surface area (Å²) in [5.74, 6) is -0.135. The number of nitrogens with one attached hydrogen (secondary N) is 1. The van der Waals surface area contributed by atoms with Gasteiger partial charge in [0.25, 0.3) is 0 Å². The van der Waals surface area contributed by atoms with Gasteiger partial charge in [-0.25, -0.2) is 0 Å². The fraction of sp³-hybridized carbons (Fsp3) is 0.391. The number of rotatable bonds is 5. The van der Waals surface area contributed by atoms with E-state index >= 15 is 0 Å². The number of piperazine rings is 1. The first-order valence-electron chi connectivity index (χ1n) is 9.85. The van der Waals surface area contributed by atoms with Crippen LogP contribution in [0, 0.1) is 20.8 Å². The summed E-state index contributed by atoms with van der Waals surface area (Å²) in [5.41, 5.74) is 5.95. The minimum Gasteiger partial charge on any atom is -0.368 e. The topological polar surface area (TPSA) is 52.7 Å². The number of carbonyl (C=O) groups is 2. The van der Waals surface area contributed by atoms with Crippen molar-refractivity contribution in [3.8, 4) is 0 Å². The van der Waals surface area contributed by atoms with E-state index in [-0.39, 0.29) is 18.4 Å². The Hall–Kier alpha value is -2.82. The summed E-state index contributed by atoms with van der Waals surface area (Å²) in [6.45, 7) is 9.33. The van der Waals surface area contributed by atoms with Crippen LogP contribution in [-0.2, 0) is 16.0 Å². The summed E-state index contributed by atoms with van der Waals surface area (Å²) in [5, 5.41) is 2.76. The van der Waals surface area contributed by atoms with E-state index in [1.54, 1.807) is 0 Å². The average molecular weight is 380 g/mol. The lowest BCUT2D eigenvalue weighted by atomic mass is 10.1. The van der Waals surface area contributed by atoms with Gasteiger partial charge in [-0.1, -0.05) is 42.0 Å². The molecule has 0 saturated carbocycles. The smallest absolute Gasteiger partial charge is 0.242 e. The van der Waals surface area contributed by atoms with Gasteiger partial charge in [-0.3, -0.25) is 9.59 Å². The number of hydrogen-bond acceptors (Lipinski definition) is 3. The molecule has 5 heteroatoms. The van der Waals surface area contributed by atoms with Crippen LogP contribution in [0.2, 0.25) is 0 Å². The molecular formula is C23H29N3O2. The lowest BCUT2D eigenvalue weighted by molar-refractivity contribution is -0.133. The molecule has 0 radical (unpaired) electrons. The van der Waals surface area contributed by atoms with Gasteiger partial charge in [0, 0.05) is 31.9 Å². The Kier molecular flexibility index (Phi) is 6.34. The molecule has 0 unspecified atom stereocenters. The van der Waals surface area contributed by atoms with Crippen LogP contribution < -0.4 is 10.2 Å². The van der Waals surface area contributed by atoms with Crippen LogP contribution in [0.15, 0.2) is 42.5 Å². The van der Waals surface area contributed by atoms with E-state index in [9.17, 15) is 9.59 Å². The van der Waals surface area contributed by atoms with Gasteiger partial charge in [0.2, 0.25) is 11.8 Å². The Labute approximate surface area is 167 Å². The van der Waals surface area contributed by atoms with Crippen LogP contribution in [0.5, 0.6) is 0 Å². The molecule has 148 valence electrons. The molecule has 0 spiro atoms. The van der Waals surface area contributed by atoms with Gasteiger partial charge >= 0.3 is 0 Å². The third-order valence-electron chi connectivity index (χ3n) is 5.47. The normalized spacial score (nSPS) is 14.1. The number of aryl methyl sites for hydroxylation is 2. The number of hydrogen-bond donors (Lipinski definition) is 1. The van der Waals surface area contributed by atoms with E-state index in [1.807, 2.05) is 36.1 Å². The van der Waals surface area contributed by atoms with Crippen LogP contribution in [0.1, 0.15) is 22.3 Å². The molecule has 0 atom stereocenters. The monoisotopic (exact) mass is 379 g/mol. The molecule has 1 aliphatic heterocycles. The Morgan fingerprint density at radius 1 is 0.929 bits per heavy atom. The van der Waals surface area contributed by atoms with Gasteiger partial charge < -0.3 is 15.1 Å². The van der Waals surface area contributed by atoms with Crippen molar-refractivity contribution in [2.45, 2.75) is 27.2 Å². The van der Waals surface area contributed by atoms with Crippen molar-refractivity contribution in [2.75, 3.05) is 37.6 Å². The van der Waals surface area contributed by atoms with Gasteiger partial charge in [0.05, 0.1) is 13.0 Å². The van der Waals surface area contributed by atoms with Crippen molar-refractivity contribution in [3.05, 3.63) is 64.7 Å².